The second-order valence-electron chi connectivity index (χ2n) is 6.66. The molecule has 0 unspecified atom stereocenters. The van der Waals surface area contributed by atoms with Crippen molar-refractivity contribution in [3.05, 3.63) is 35.5 Å². The van der Waals surface area contributed by atoms with E-state index >= 15 is 0 Å². The first-order valence-electron chi connectivity index (χ1n) is 8.44. The van der Waals surface area contributed by atoms with E-state index in [1.165, 1.54) is 55.9 Å². The highest BCUT2D eigenvalue weighted by molar-refractivity contribution is 6.67. The maximum atomic E-state index is 11.4. The smallest absolute Gasteiger partial charge is 0.252 e. The Bertz CT molecular complexity index is 667. The van der Waals surface area contributed by atoms with Crippen LogP contribution >= 0.6 is 11.6 Å². The van der Waals surface area contributed by atoms with Crippen LogP contribution in [0.1, 0.15) is 60.9 Å². The molecule has 1 aliphatic rings. The summed E-state index contributed by atoms with van der Waals surface area (Å²) in [5.41, 5.74) is 2.98. The molecule has 3 heteroatoms. The van der Waals surface area contributed by atoms with E-state index in [4.69, 9.17) is 11.6 Å². The lowest BCUT2D eigenvalue weighted by molar-refractivity contribution is 0.108. The fourth-order valence-electron chi connectivity index (χ4n) is 3.81. The van der Waals surface area contributed by atoms with Gasteiger partial charge in [0, 0.05) is 29.2 Å². The van der Waals surface area contributed by atoms with Crippen molar-refractivity contribution in [1.82, 2.24) is 4.57 Å². The standard InChI is InChI=1S/C19H24ClNO/c1-14-13-21(11-5-8-15-6-3-2-4-7-15)18-12-16(19(20)22)9-10-17(14)18/h9-10,12-13,15H,2-8,11H2,1H3. The van der Waals surface area contributed by atoms with Crippen molar-refractivity contribution in [2.75, 3.05) is 0 Å². The largest absolute Gasteiger partial charge is 0.347 e. The first-order valence-corrected chi connectivity index (χ1v) is 8.82. The molecule has 0 atom stereocenters. The maximum absolute atomic E-state index is 11.4. The molecule has 0 radical (unpaired) electrons. The zero-order chi connectivity index (χ0) is 15.5. The summed E-state index contributed by atoms with van der Waals surface area (Å²) in [6.45, 7) is 3.16. The first-order chi connectivity index (χ1) is 10.6. The van der Waals surface area contributed by atoms with E-state index in [1.54, 1.807) is 0 Å². The molecule has 1 heterocycles. The molecule has 0 saturated heterocycles. The quantitative estimate of drug-likeness (QED) is 0.649. The Hall–Kier alpha value is -1.28. The molecule has 1 fully saturated rings. The van der Waals surface area contributed by atoms with Crippen LogP contribution in [-0.4, -0.2) is 9.81 Å². The molecule has 0 N–H and O–H groups in total. The lowest BCUT2D eigenvalue weighted by Gasteiger charge is -2.21. The Morgan fingerprint density at radius 2 is 2.05 bits per heavy atom. The predicted octanol–water partition coefficient (Wildman–Crippen LogP) is 5.69. The molecule has 0 spiro atoms. The van der Waals surface area contributed by atoms with Gasteiger partial charge in [-0.25, -0.2) is 0 Å². The third-order valence-electron chi connectivity index (χ3n) is 5.04. The molecule has 2 aromatic rings. The van der Waals surface area contributed by atoms with Crippen LogP contribution in [0.2, 0.25) is 0 Å². The van der Waals surface area contributed by atoms with E-state index in [-0.39, 0.29) is 5.24 Å². The number of benzene rings is 1. The fraction of sp³-hybridized carbons (Fsp3) is 0.526. The van der Waals surface area contributed by atoms with Crippen LogP contribution in [0, 0.1) is 12.8 Å². The van der Waals surface area contributed by atoms with E-state index in [0.717, 1.165) is 18.0 Å². The number of fused-ring (bicyclic) bond motifs is 1. The molecule has 1 aliphatic carbocycles. The molecule has 0 amide bonds. The zero-order valence-corrected chi connectivity index (χ0v) is 14.0. The van der Waals surface area contributed by atoms with Crippen LogP contribution < -0.4 is 0 Å². The summed E-state index contributed by atoms with van der Waals surface area (Å²) in [5.74, 6) is 0.927. The van der Waals surface area contributed by atoms with Crippen molar-refractivity contribution in [3.8, 4) is 0 Å². The van der Waals surface area contributed by atoms with Crippen molar-refractivity contribution in [1.29, 1.82) is 0 Å². The van der Waals surface area contributed by atoms with Gasteiger partial charge in [-0.15, -0.1) is 0 Å². The number of rotatable bonds is 5. The van der Waals surface area contributed by atoms with E-state index in [2.05, 4.69) is 17.7 Å². The SMILES string of the molecule is Cc1cn(CCCC2CCCCC2)c2cc(C(=O)Cl)ccc12. The minimum atomic E-state index is -0.380. The summed E-state index contributed by atoms with van der Waals surface area (Å²) in [5, 5.41) is 0.842. The fourth-order valence-corrected chi connectivity index (χ4v) is 3.93. The van der Waals surface area contributed by atoms with Gasteiger partial charge in [0.25, 0.3) is 5.24 Å². The lowest BCUT2D eigenvalue weighted by Crippen LogP contribution is -2.07. The molecule has 3 rings (SSSR count). The van der Waals surface area contributed by atoms with E-state index in [1.807, 2.05) is 18.2 Å². The molecule has 1 aromatic heterocycles. The third kappa shape index (κ3) is 3.38. The summed E-state index contributed by atoms with van der Waals surface area (Å²) >= 11 is 5.62. The zero-order valence-electron chi connectivity index (χ0n) is 13.3. The second-order valence-corrected chi connectivity index (χ2v) is 7.00. The minimum absolute atomic E-state index is 0.380. The molecular weight excluding hydrogens is 294 g/mol. The van der Waals surface area contributed by atoms with Crippen LogP contribution in [0.5, 0.6) is 0 Å². The molecule has 1 aromatic carbocycles. The number of halogens is 1. The van der Waals surface area contributed by atoms with Gasteiger partial charge in [0.15, 0.2) is 0 Å². The summed E-state index contributed by atoms with van der Waals surface area (Å²) in [6.07, 6.45) is 11.8. The predicted molar refractivity (Wildman–Crippen MR) is 92.7 cm³/mol. The minimum Gasteiger partial charge on any atom is -0.347 e. The molecular formula is C19H24ClNO. The summed E-state index contributed by atoms with van der Waals surface area (Å²) in [6, 6.07) is 5.76. The molecule has 0 bridgehead atoms. The highest BCUT2D eigenvalue weighted by Crippen LogP contribution is 2.28. The van der Waals surface area contributed by atoms with E-state index in [0.29, 0.717) is 5.56 Å². The average molecular weight is 318 g/mol. The van der Waals surface area contributed by atoms with Gasteiger partial charge in [-0.2, -0.15) is 0 Å². The van der Waals surface area contributed by atoms with Crippen LogP contribution in [0.25, 0.3) is 10.9 Å². The summed E-state index contributed by atoms with van der Waals surface area (Å²) in [4.78, 5) is 11.4. The van der Waals surface area contributed by atoms with Crippen LogP contribution in [0.3, 0.4) is 0 Å². The number of hydrogen-bond acceptors (Lipinski definition) is 1. The Morgan fingerprint density at radius 1 is 1.27 bits per heavy atom. The van der Waals surface area contributed by atoms with Crippen LogP contribution in [0.15, 0.2) is 24.4 Å². The maximum Gasteiger partial charge on any atom is 0.252 e. The molecule has 2 nitrogen and oxygen atoms in total. The number of carbonyl (C=O) groups excluding carboxylic acids is 1. The molecule has 0 aliphatic heterocycles. The second kappa shape index (κ2) is 6.87. The van der Waals surface area contributed by atoms with Gasteiger partial charge in [-0.1, -0.05) is 38.2 Å². The van der Waals surface area contributed by atoms with E-state index in [9.17, 15) is 4.79 Å². The van der Waals surface area contributed by atoms with Gasteiger partial charge in [-0.05, 0) is 55.0 Å². The van der Waals surface area contributed by atoms with Gasteiger partial charge in [0.05, 0.1) is 0 Å². The number of carbonyl (C=O) groups is 1. The van der Waals surface area contributed by atoms with Gasteiger partial charge in [-0.3, -0.25) is 4.79 Å². The monoisotopic (exact) mass is 317 g/mol. The Kier molecular flexibility index (Phi) is 4.87. The summed E-state index contributed by atoms with van der Waals surface area (Å²) in [7, 11) is 0. The highest BCUT2D eigenvalue weighted by atomic mass is 35.5. The topological polar surface area (TPSA) is 22.0 Å². The van der Waals surface area contributed by atoms with E-state index < -0.39 is 0 Å². The number of nitrogens with zero attached hydrogens (tertiary/aromatic N) is 1. The number of aryl methyl sites for hydroxylation is 2. The average Bonchev–Trinajstić information content (AvgIpc) is 2.84. The van der Waals surface area contributed by atoms with Crippen LogP contribution in [-0.2, 0) is 6.54 Å². The van der Waals surface area contributed by atoms with Crippen molar-refractivity contribution in [2.24, 2.45) is 5.92 Å². The third-order valence-corrected chi connectivity index (χ3v) is 5.26. The van der Waals surface area contributed by atoms with Crippen molar-refractivity contribution in [3.63, 3.8) is 0 Å². The van der Waals surface area contributed by atoms with Crippen molar-refractivity contribution < 1.29 is 4.79 Å². The van der Waals surface area contributed by atoms with Gasteiger partial charge < -0.3 is 4.57 Å². The summed E-state index contributed by atoms with van der Waals surface area (Å²) < 4.78 is 2.29. The van der Waals surface area contributed by atoms with Gasteiger partial charge >= 0.3 is 0 Å². The van der Waals surface area contributed by atoms with Crippen molar-refractivity contribution in [2.45, 2.75) is 58.4 Å². The Labute approximate surface area is 137 Å². The molecule has 22 heavy (non-hydrogen) atoms. The lowest BCUT2D eigenvalue weighted by atomic mass is 9.86. The number of aromatic nitrogens is 1. The van der Waals surface area contributed by atoms with Crippen LogP contribution in [0.4, 0.5) is 0 Å². The van der Waals surface area contributed by atoms with Gasteiger partial charge in [0.2, 0.25) is 0 Å². The normalized spacial score (nSPS) is 16.3. The number of hydrogen-bond donors (Lipinski definition) is 0. The highest BCUT2D eigenvalue weighted by Gasteiger charge is 2.14. The molecule has 118 valence electrons. The van der Waals surface area contributed by atoms with Gasteiger partial charge in [0.1, 0.15) is 0 Å². The Balaban J connectivity index is 1.72. The first kappa shape index (κ1) is 15.6. The Morgan fingerprint density at radius 3 is 2.77 bits per heavy atom. The molecule has 1 saturated carbocycles. The van der Waals surface area contributed by atoms with Crippen molar-refractivity contribution >= 4 is 27.7 Å².